The predicted molar refractivity (Wildman–Crippen MR) is 60.6 cm³/mol. The minimum atomic E-state index is -1.04. The summed E-state index contributed by atoms with van der Waals surface area (Å²) in [4.78, 5) is 32.3. The number of ether oxygens (including phenoxy) is 2. The average molecular weight is 270 g/mol. The molecular formula is C11H11FN2O5. The second-order valence-electron chi connectivity index (χ2n) is 3.32. The van der Waals surface area contributed by atoms with Gasteiger partial charge in [-0.25, -0.2) is 14.0 Å². The Hall–Kier alpha value is -2.64. The van der Waals surface area contributed by atoms with Gasteiger partial charge in [0.1, 0.15) is 11.6 Å². The lowest BCUT2D eigenvalue weighted by Crippen LogP contribution is -2.38. The molecule has 102 valence electrons. The van der Waals surface area contributed by atoms with Crippen LogP contribution in [-0.4, -0.2) is 31.1 Å². The molecule has 1 rings (SSSR count). The van der Waals surface area contributed by atoms with Crippen LogP contribution in [0.4, 0.5) is 9.18 Å². The maximum absolute atomic E-state index is 12.8. The summed E-state index contributed by atoms with van der Waals surface area (Å²) in [5.41, 5.74) is 4.68. The predicted octanol–water partition coefficient (Wildman–Crippen LogP) is -0.0574. The highest BCUT2D eigenvalue weighted by atomic mass is 19.1. The van der Waals surface area contributed by atoms with E-state index in [2.05, 4.69) is 10.5 Å². The van der Waals surface area contributed by atoms with Gasteiger partial charge in [0.2, 0.25) is 0 Å². The number of benzene rings is 1. The van der Waals surface area contributed by atoms with Crippen molar-refractivity contribution in [1.82, 2.24) is 5.32 Å². The molecule has 0 radical (unpaired) electrons. The summed E-state index contributed by atoms with van der Waals surface area (Å²) in [7, 11) is 0. The van der Waals surface area contributed by atoms with E-state index in [0.717, 1.165) is 6.07 Å². The Morgan fingerprint density at radius 2 is 2.00 bits per heavy atom. The molecular weight excluding hydrogens is 259 g/mol. The van der Waals surface area contributed by atoms with Gasteiger partial charge in [0.25, 0.3) is 5.91 Å². The van der Waals surface area contributed by atoms with Gasteiger partial charge in [-0.2, -0.15) is 0 Å². The summed E-state index contributed by atoms with van der Waals surface area (Å²) in [6.07, 6.45) is 0. The molecule has 3 amide bonds. The van der Waals surface area contributed by atoms with Crippen LogP contribution in [0.25, 0.3) is 0 Å². The lowest BCUT2D eigenvalue weighted by atomic mass is 10.3. The van der Waals surface area contributed by atoms with Gasteiger partial charge in [0.15, 0.2) is 13.2 Å². The number of amides is 3. The molecule has 1 aromatic rings. The van der Waals surface area contributed by atoms with Crippen molar-refractivity contribution in [3.05, 3.63) is 30.1 Å². The number of imide groups is 1. The first-order valence-corrected chi connectivity index (χ1v) is 5.10. The van der Waals surface area contributed by atoms with E-state index in [1.165, 1.54) is 18.2 Å². The van der Waals surface area contributed by atoms with E-state index in [9.17, 15) is 18.8 Å². The van der Waals surface area contributed by atoms with Crippen LogP contribution in [-0.2, 0) is 14.3 Å². The lowest BCUT2D eigenvalue weighted by Gasteiger charge is -2.06. The summed E-state index contributed by atoms with van der Waals surface area (Å²) in [5, 5.41) is 1.71. The Kier molecular flexibility index (Phi) is 5.27. The van der Waals surface area contributed by atoms with Crippen LogP contribution in [0.3, 0.4) is 0 Å². The normalized spacial score (nSPS) is 9.53. The van der Waals surface area contributed by atoms with Gasteiger partial charge in [-0.15, -0.1) is 0 Å². The van der Waals surface area contributed by atoms with E-state index >= 15 is 0 Å². The van der Waals surface area contributed by atoms with Gasteiger partial charge in [-0.3, -0.25) is 10.1 Å². The molecule has 0 unspecified atom stereocenters. The first-order valence-electron chi connectivity index (χ1n) is 5.10. The van der Waals surface area contributed by atoms with Crippen molar-refractivity contribution < 1.29 is 28.2 Å². The Balaban J connectivity index is 2.28. The van der Waals surface area contributed by atoms with Crippen LogP contribution in [0.1, 0.15) is 0 Å². The third kappa shape index (κ3) is 6.01. The summed E-state index contributed by atoms with van der Waals surface area (Å²) in [6, 6.07) is 4.14. The number of carbonyl (C=O) groups excluding carboxylic acids is 3. The number of halogens is 1. The molecule has 0 aliphatic heterocycles. The van der Waals surface area contributed by atoms with E-state index in [0.29, 0.717) is 0 Å². The molecule has 19 heavy (non-hydrogen) atoms. The van der Waals surface area contributed by atoms with Crippen LogP contribution >= 0.6 is 0 Å². The zero-order valence-corrected chi connectivity index (χ0v) is 9.72. The highest BCUT2D eigenvalue weighted by Crippen LogP contribution is 2.11. The molecule has 0 aromatic heterocycles. The van der Waals surface area contributed by atoms with Crippen LogP contribution in [0.2, 0.25) is 0 Å². The fourth-order valence-electron chi connectivity index (χ4n) is 1.06. The molecule has 0 spiro atoms. The van der Waals surface area contributed by atoms with Gasteiger partial charge < -0.3 is 15.2 Å². The number of hydrogen-bond acceptors (Lipinski definition) is 5. The number of primary amides is 1. The fourth-order valence-corrected chi connectivity index (χ4v) is 1.06. The molecule has 8 heteroatoms. The maximum atomic E-state index is 12.8. The largest absolute Gasteiger partial charge is 0.482 e. The third-order valence-corrected chi connectivity index (χ3v) is 1.78. The monoisotopic (exact) mass is 270 g/mol. The third-order valence-electron chi connectivity index (χ3n) is 1.78. The van der Waals surface area contributed by atoms with E-state index < -0.39 is 36.9 Å². The highest BCUT2D eigenvalue weighted by molar-refractivity contribution is 5.94. The molecule has 1 aromatic carbocycles. The van der Waals surface area contributed by atoms with Crippen LogP contribution < -0.4 is 15.8 Å². The molecule has 0 aliphatic rings. The number of carbonyl (C=O) groups is 3. The van der Waals surface area contributed by atoms with Crippen molar-refractivity contribution in [3.8, 4) is 5.75 Å². The number of rotatable bonds is 5. The first-order chi connectivity index (χ1) is 8.97. The Bertz CT molecular complexity index is 492. The van der Waals surface area contributed by atoms with Crippen LogP contribution in [0.15, 0.2) is 24.3 Å². The molecule has 0 fully saturated rings. The topological polar surface area (TPSA) is 108 Å². The van der Waals surface area contributed by atoms with Gasteiger partial charge in [0.05, 0.1) is 0 Å². The Labute approximate surface area is 107 Å². The smallest absolute Gasteiger partial charge is 0.344 e. The van der Waals surface area contributed by atoms with Crippen LogP contribution in [0.5, 0.6) is 5.75 Å². The molecule has 0 saturated carbocycles. The van der Waals surface area contributed by atoms with Crippen molar-refractivity contribution in [3.63, 3.8) is 0 Å². The second kappa shape index (κ2) is 6.94. The zero-order chi connectivity index (χ0) is 14.3. The molecule has 3 N–H and O–H groups in total. The standard InChI is InChI=1S/C11H11FN2O5/c12-7-2-1-3-8(4-7)18-6-10(16)19-5-9(15)14-11(13)17/h1-4H,5-6H2,(H3,13,14,15,17). The number of esters is 1. The van der Waals surface area contributed by atoms with Crippen molar-refractivity contribution in [2.24, 2.45) is 5.73 Å². The zero-order valence-electron chi connectivity index (χ0n) is 9.72. The van der Waals surface area contributed by atoms with Crippen molar-refractivity contribution in [2.45, 2.75) is 0 Å². The van der Waals surface area contributed by atoms with Crippen molar-refractivity contribution in [2.75, 3.05) is 13.2 Å². The van der Waals surface area contributed by atoms with Crippen molar-refractivity contribution in [1.29, 1.82) is 0 Å². The van der Waals surface area contributed by atoms with Gasteiger partial charge >= 0.3 is 12.0 Å². The van der Waals surface area contributed by atoms with Gasteiger partial charge in [-0.05, 0) is 12.1 Å². The second-order valence-corrected chi connectivity index (χ2v) is 3.32. The summed E-state index contributed by atoms with van der Waals surface area (Å²) < 4.78 is 22.2. The highest BCUT2D eigenvalue weighted by Gasteiger charge is 2.09. The number of hydrogen-bond donors (Lipinski definition) is 2. The number of nitrogens with one attached hydrogen (secondary N) is 1. The first kappa shape index (κ1) is 14.4. The lowest BCUT2D eigenvalue weighted by molar-refractivity contribution is -0.150. The van der Waals surface area contributed by atoms with E-state index in [1.54, 1.807) is 5.32 Å². The number of urea groups is 1. The summed E-state index contributed by atoms with van der Waals surface area (Å²) in [6.45, 7) is -1.15. The fraction of sp³-hybridized carbons (Fsp3) is 0.182. The maximum Gasteiger partial charge on any atom is 0.344 e. The SMILES string of the molecule is NC(=O)NC(=O)COC(=O)COc1cccc(F)c1. The Morgan fingerprint density at radius 3 is 2.63 bits per heavy atom. The summed E-state index contributed by atoms with van der Waals surface area (Å²) >= 11 is 0. The number of nitrogens with two attached hydrogens (primary N) is 1. The molecule has 0 atom stereocenters. The molecule has 0 aliphatic carbocycles. The molecule has 0 bridgehead atoms. The van der Waals surface area contributed by atoms with E-state index in [4.69, 9.17) is 4.74 Å². The minimum absolute atomic E-state index is 0.151. The quantitative estimate of drug-likeness (QED) is 0.729. The molecule has 0 saturated heterocycles. The van der Waals surface area contributed by atoms with Crippen LogP contribution in [0, 0.1) is 5.82 Å². The Morgan fingerprint density at radius 1 is 1.26 bits per heavy atom. The van der Waals surface area contributed by atoms with Gasteiger partial charge in [0, 0.05) is 6.07 Å². The van der Waals surface area contributed by atoms with E-state index in [-0.39, 0.29) is 5.75 Å². The molecule has 0 heterocycles. The summed E-state index contributed by atoms with van der Waals surface area (Å²) in [5.74, 6) is -2.05. The van der Waals surface area contributed by atoms with Gasteiger partial charge in [-0.1, -0.05) is 6.07 Å². The molecule has 7 nitrogen and oxygen atoms in total. The average Bonchev–Trinajstić information content (AvgIpc) is 2.33. The van der Waals surface area contributed by atoms with Crippen molar-refractivity contribution >= 4 is 17.9 Å². The minimum Gasteiger partial charge on any atom is -0.482 e. The van der Waals surface area contributed by atoms with E-state index in [1.807, 2.05) is 0 Å².